The van der Waals surface area contributed by atoms with Crippen LogP contribution in [0, 0.1) is 11.6 Å². The molecule has 0 aliphatic carbocycles. The molecule has 1 aromatic carbocycles. The van der Waals surface area contributed by atoms with E-state index >= 15 is 0 Å². The van der Waals surface area contributed by atoms with Crippen LogP contribution in [0.25, 0.3) is 0 Å². The van der Waals surface area contributed by atoms with Gasteiger partial charge >= 0.3 is 6.09 Å². The molecule has 162 valence electrons. The van der Waals surface area contributed by atoms with Crippen molar-refractivity contribution in [3.63, 3.8) is 0 Å². The first-order valence-electron chi connectivity index (χ1n) is 9.58. The minimum absolute atomic E-state index is 0.178. The van der Waals surface area contributed by atoms with E-state index < -0.39 is 17.2 Å². The molecule has 9 heteroatoms. The predicted molar refractivity (Wildman–Crippen MR) is 110 cm³/mol. The topological polar surface area (TPSA) is 54.9 Å². The summed E-state index contributed by atoms with van der Waals surface area (Å²) in [6.45, 7) is 7.23. The van der Waals surface area contributed by atoms with Gasteiger partial charge in [-0.3, -0.25) is 0 Å². The summed E-state index contributed by atoms with van der Waals surface area (Å²) in [6.07, 6.45) is -0.358. The normalized spacial score (nSPS) is 14.6. The number of piperazine rings is 1. The number of nitrogens with zero attached hydrogens (tertiary/aromatic N) is 3. The Bertz CT molecular complexity index is 913. The number of amides is 1. The van der Waals surface area contributed by atoms with Crippen LogP contribution in [0.4, 0.5) is 19.4 Å². The lowest BCUT2D eigenvalue weighted by molar-refractivity contribution is 0.0240. The molecule has 30 heavy (non-hydrogen) atoms. The second kappa shape index (κ2) is 9.04. The third-order valence-corrected chi connectivity index (χ3v) is 4.67. The first-order valence-corrected chi connectivity index (χ1v) is 9.96. The summed E-state index contributed by atoms with van der Waals surface area (Å²) in [7, 11) is 0. The zero-order valence-corrected chi connectivity index (χ0v) is 17.9. The highest BCUT2D eigenvalue weighted by Crippen LogP contribution is 2.23. The van der Waals surface area contributed by atoms with Gasteiger partial charge in [0.1, 0.15) is 23.8 Å². The molecular formula is C21H24ClF2N3O3. The lowest BCUT2D eigenvalue weighted by Gasteiger charge is -2.36. The molecule has 1 aromatic heterocycles. The van der Waals surface area contributed by atoms with Crippen LogP contribution in [0.1, 0.15) is 26.3 Å². The SMILES string of the molecule is CC(C)(C)OC(=O)N1CCN(c2ccc(F)c(OCc3ccc(Cl)cc3F)n2)CC1. The number of ether oxygens (including phenoxy) is 2. The van der Waals surface area contributed by atoms with E-state index in [0.717, 1.165) is 0 Å². The van der Waals surface area contributed by atoms with E-state index in [1.54, 1.807) is 11.0 Å². The zero-order valence-electron chi connectivity index (χ0n) is 17.1. The van der Waals surface area contributed by atoms with E-state index in [-0.39, 0.29) is 29.2 Å². The summed E-state index contributed by atoms with van der Waals surface area (Å²) >= 11 is 5.74. The van der Waals surface area contributed by atoms with Gasteiger partial charge in [-0.15, -0.1) is 0 Å². The Balaban J connectivity index is 1.62. The Morgan fingerprint density at radius 1 is 1.10 bits per heavy atom. The van der Waals surface area contributed by atoms with E-state index in [9.17, 15) is 13.6 Å². The van der Waals surface area contributed by atoms with Crippen molar-refractivity contribution in [3.05, 3.63) is 52.6 Å². The van der Waals surface area contributed by atoms with Crippen molar-refractivity contribution in [3.8, 4) is 5.88 Å². The second-order valence-electron chi connectivity index (χ2n) is 7.94. The molecule has 1 aliphatic rings. The number of hydrogen-bond donors (Lipinski definition) is 0. The monoisotopic (exact) mass is 439 g/mol. The third-order valence-electron chi connectivity index (χ3n) is 4.43. The Labute approximate surface area is 179 Å². The Morgan fingerprint density at radius 3 is 2.43 bits per heavy atom. The molecule has 1 amide bonds. The Hall–Kier alpha value is -2.61. The molecule has 0 N–H and O–H groups in total. The van der Waals surface area contributed by atoms with Crippen molar-refractivity contribution < 1.29 is 23.0 Å². The van der Waals surface area contributed by atoms with Crippen molar-refractivity contribution in [1.29, 1.82) is 0 Å². The Morgan fingerprint density at radius 2 is 1.80 bits per heavy atom. The van der Waals surface area contributed by atoms with Crippen LogP contribution in [0.5, 0.6) is 5.88 Å². The van der Waals surface area contributed by atoms with Crippen LogP contribution in [0.2, 0.25) is 5.02 Å². The summed E-state index contributed by atoms with van der Waals surface area (Å²) in [5.74, 6) is -0.860. The van der Waals surface area contributed by atoms with Gasteiger partial charge in [0.05, 0.1) is 0 Å². The molecule has 0 spiro atoms. The summed E-state index contributed by atoms with van der Waals surface area (Å²) in [4.78, 5) is 20.0. The van der Waals surface area contributed by atoms with Crippen molar-refractivity contribution >= 4 is 23.5 Å². The average molecular weight is 440 g/mol. The number of carbonyl (C=O) groups is 1. The van der Waals surface area contributed by atoms with Crippen molar-refractivity contribution in [1.82, 2.24) is 9.88 Å². The van der Waals surface area contributed by atoms with Crippen LogP contribution < -0.4 is 9.64 Å². The number of anilines is 1. The number of aromatic nitrogens is 1. The molecule has 2 heterocycles. The van der Waals surface area contributed by atoms with Crippen molar-refractivity contribution in [2.45, 2.75) is 33.0 Å². The van der Waals surface area contributed by atoms with Gasteiger partial charge in [-0.25, -0.2) is 13.6 Å². The fourth-order valence-corrected chi connectivity index (χ4v) is 3.08. The molecule has 3 rings (SSSR count). The largest absolute Gasteiger partial charge is 0.471 e. The minimum atomic E-state index is -0.638. The Kier molecular flexibility index (Phi) is 6.65. The molecule has 0 atom stereocenters. The highest BCUT2D eigenvalue weighted by Gasteiger charge is 2.26. The number of pyridine rings is 1. The van der Waals surface area contributed by atoms with Gasteiger partial charge in [-0.05, 0) is 45.0 Å². The van der Waals surface area contributed by atoms with E-state index in [1.165, 1.54) is 24.3 Å². The van der Waals surface area contributed by atoms with E-state index in [2.05, 4.69) is 4.98 Å². The highest BCUT2D eigenvalue weighted by molar-refractivity contribution is 6.30. The van der Waals surface area contributed by atoms with Gasteiger partial charge in [0.15, 0.2) is 5.82 Å². The molecule has 0 bridgehead atoms. The number of halogens is 3. The summed E-state index contributed by atoms with van der Waals surface area (Å²) in [5, 5.41) is 0.271. The molecule has 2 aromatic rings. The molecular weight excluding hydrogens is 416 g/mol. The molecule has 1 fully saturated rings. The maximum absolute atomic E-state index is 14.1. The van der Waals surface area contributed by atoms with Gasteiger partial charge in [0, 0.05) is 36.8 Å². The predicted octanol–water partition coefficient (Wildman–Crippen LogP) is 4.65. The van der Waals surface area contributed by atoms with E-state index in [4.69, 9.17) is 21.1 Å². The molecule has 6 nitrogen and oxygen atoms in total. The van der Waals surface area contributed by atoms with Gasteiger partial charge in [-0.1, -0.05) is 17.7 Å². The number of carbonyl (C=O) groups excluding carboxylic acids is 1. The van der Waals surface area contributed by atoms with Crippen LogP contribution in [-0.4, -0.2) is 47.8 Å². The first kappa shape index (κ1) is 22.1. The highest BCUT2D eigenvalue weighted by atomic mass is 35.5. The second-order valence-corrected chi connectivity index (χ2v) is 8.37. The smallest absolute Gasteiger partial charge is 0.410 e. The average Bonchev–Trinajstić information content (AvgIpc) is 2.67. The molecule has 0 saturated carbocycles. The van der Waals surface area contributed by atoms with Gasteiger partial charge in [0.25, 0.3) is 5.88 Å². The number of rotatable bonds is 4. The molecule has 1 saturated heterocycles. The van der Waals surface area contributed by atoms with Crippen LogP contribution >= 0.6 is 11.6 Å². The zero-order chi connectivity index (χ0) is 21.9. The summed E-state index contributed by atoms with van der Waals surface area (Å²) < 4.78 is 38.8. The van der Waals surface area contributed by atoms with Gasteiger partial charge in [0.2, 0.25) is 0 Å². The quantitative estimate of drug-likeness (QED) is 0.694. The van der Waals surface area contributed by atoms with Crippen molar-refractivity contribution in [2.24, 2.45) is 0 Å². The van der Waals surface area contributed by atoms with Crippen LogP contribution in [0.3, 0.4) is 0 Å². The van der Waals surface area contributed by atoms with Crippen LogP contribution in [-0.2, 0) is 11.3 Å². The van der Waals surface area contributed by atoms with E-state index in [0.29, 0.717) is 32.0 Å². The lowest BCUT2D eigenvalue weighted by atomic mass is 10.2. The fraction of sp³-hybridized carbons (Fsp3) is 0.429. The maximum Gasteiger partial charge on any atom is 0.410 e. The summed E-state index contributed by atoms with van der Waals surface area (Å²) in [6, 6.07) is 7.00. The molecule has 0 radical (unpaired) electrons. The van der Waals surface area contributed by atoms with Crippen LogP contribution in [0.15, 0.2) is 30.3 Å². The fourth-order valence-electron chi connectivity index (χ4n) is 2.92. The number of benzene rings is 1. The first-order chi connectivity index (χ1) is 14.1. The van der Waals surface area contributed by atoms with Gasteiger partial charge < -0.3 is 19.3 Å². The molecule has 0 unspecified atom stereocenters. The maximum atomic E-state index is 14.1. The van der Waals surface area contributed by atoms with E-state index in [1.807, 2.05) is 25.7 Å². The molecule has 1 aliphatic heterocycles. The van der Waals surface area contributed by atoms with Gasteiger partial charge in [-0.2, -0.15) is 4.98 Å². The number of hydrogen-bond acceptors (Lipinski definition) is 5. The lowest BCUT2D eigenvalue weighted by Crippen LogP contribution is -2.50. The summed E-state index contributed by atoms with van der Waals surface area (Å²) in [5.41, 5.74) is -0.306. The standard InChI is InChI=1S/C21H24ClF2N3O3/c1-21(2,3)30-20(28)27-10-8-26(9-11-27)18-7-6-16(23)19(25-18)29-13-14-4-5-15(22)12-17(14)24/h4-7,12H,8-11,13H2,1-3H3. The van der Waals surface area contributed by atoms with Crippen molar-refractivity contribution in [2.75, 3.05) is 31.1 Å². The third kappa shape index (κ3) is 5.72. The minimum Gasteiger partial charge on any atom is -0.471 e.